The number of fused-ring (bicyclic) bond motifs is 1. The lowest BCUT2D eigenvalue weighted by Gasteiger charge is -2.42. The third kappa shape index (κ3) is 7.09. The number of aromatic nitrogens is 5. The summed E-state index contributed by atoms with van der Waals surface area (Å²) in [7, 11) is 3.87. The van der Waals surface area contributed by atoms with Gasteiger partial charge in [0.25, 0.3) is 0 Å². The summed E-state index contributed by atoms with van der Waals surface area (Å²) in [5.74, 6) is 2.80. The molecule has 6 rings (SSSR count). The molecule has 0 saturated carbocycles. The van der Waals surface area contributed by atoms with Gasteiger partial charge < -0.3 is 29.9 Å². The van der Waals surface area contributed by atoms with Gasteiger partial charge in [-0.05, 0) is 65.5 Å². The number of halogens is 1. The van der Waals surface area contributed by atoms with Gasteiger partial charge in [-0.2, -0.15) is 9.97 Å². The number of anilines is 6. The maximum Gasteiger partial charge on any atom is 0.239 e. The van der Waals surface area contributed by atoms with Crippen molar-refractivity contribution in [3.05, 3.63) is 46.8 Å². The maximum absolute atomic E-state index is 5.83. The van der Waals surface area contributed by atoms with Crippen molar-refractivity contribution in [3.63, 3.8) is 0 Å². The fourth-order valence-corrected chi connectivity index (χ4v) is 6.87. The van der Waals surface area contributed by atoms with Crippen LogP contribution in [0.25, 0.3) is 11.0 Å². The molecule has 2 fully saturated rings. The van der Waals surface area contributed by atoms with Gasteiger partial charge in [0, 0.05) is 70.2 Å². The van der Waals surface area contributed by atoms with Crippen LogP contribution in [0.3, 0.4) is 0 Å². The number of benzene rings is 1. The average Bonchev–Trinajstić information content (AvgIpc) is 3.07. The number of hydrogen-bond donors (Lipinski definition) is 3. The van der Waals surface area contributed by atoms with E-state index >= 15 is 0 Å². The van der Waals surface area contributed by atoms with Gasteiger partial charge in [0.2, 0.25) is 11.8 Å². The van der Waals surface area contributed by atoms with E-state index in [1.165, 1.54) is 17.5 Å². The zero-order valence-corrected chi connectivity index (χ0v) is 29.5. The first-order valence-corrected chi connectivity index (χ1v) is 17.7. The highest BCUT2D eigenvalue weighted by atomic mass is 79.9. The van der Waals surface area contributed by atoms with Crippen molar-refractivity contribution in [2.45, 2.75) is 38.6 Å². The lowest BCUT2D eigenvalue weighted by Crippen LogP contribution is -2.52. The van der Waals surface area contributed by atoms with Crippen molar-refractivity contribution in [3.8, 4) is 5.88 Å². The van der Waals surface area contributed by atoms with Crippen molar-refractivity contribution in [1.82, 2.24) is 34.7 Å². The molecular formula is C32H42BrN11OS. The van der Waals surface area contributed by atoms with E-state index in [1.54, 1.807) is 25.7 Å². The Labute approximate surface area is 283 Å². The second-order valence-corrected chi connectivity index (χ2v) is 13.5. The largest absolute Gasteiger partial charge is 0.479 e. The van der Waals surface area contributed by atoms with Crippen molar-refractivity contribution in [1.29, 1.82) is 0 Å². The van der Waals surface area contributed by atoms with Crippen molar-refractivity contribution in [2.24, 2.45) is 0 Å². The summed E-state index contributed by atoms with van der Waals surface area (Å²) < 4.78 is 9.89. The number of nitrogens with one attached hydrogen (secondary N) is 3. The molecule has 0 spiro atoms. The monoisotopic (exact) mass is 707 g/mol. The fraction of sp³-hybridized carbons (Fsp3) is 0.469. The molecule has 2 saturated heterocycles. The molecule has 4 aromatic rings. The highest BCUT2D eigenvalue weighted by molar-refractivity contribution is 9.10. The van der Waals surface area contributed by atoms with E-state index in [2.05, 4.69) is 87.9 Å². The number of rotatable bonds is 10. The number of methoxy groups -OCH3 is 1. The van der Waals surface area contributed by atoms with Gasteiger partial charge in [-0.15, -0.1) is 0 Å². The van der Waals surface area contributed by atoms with E-state index in [0.29, 0.717) is 23.7 Å². The summed E-state index contributed by atoms with van der Waals surface area (Å²) in [4.78, 5) is 30.9. The van der Waals surface area contributed by atoms with Gasteiger partial charge in [-0.3, -0.25) is 14.9 Å². The molecule has 0 bridgehead atoms. The van der Waals surface area contributed by atoms with Crippen LogP contribution < -0.4 is 25.0 Å². The second-order valence-electron chi connectivity index (χ2n) is 12.0. The number of ether oxygens (including phenoxy) is 1. The Morgan fingerprint density at radius 1 is 0.957 bits per heavy atom. The summed E-state index contributed by atoms with van der Waals surface area (Å²) in [5, 5.41) is 6.83. The van der Waals surface area contributed by atoms with Crippen LogP contribution >= 0.6 is 27.9 Å². The predicted molar refractivity (Wildman–Crippen MR) is 192 cm³/mol. The van der Waals surface area contributed by atoms with E-state index in [-0.39, 0.29) is 5.92 Å². The van der Waals surface area contributed by atoms with Gasteiger partial charge in [-0.1, -0.05) is 25.8 Å². The van der Waals surface area contributed by atoms with E-state index in [9.17, 15) is 0 Å². The molecule has 2 aliphatic rings. The second kappa shape index (κ2) is 14.5. The number of hydrogen-bond acceptors (Lipinski definition) is 13. The molecule has 12 nitrogen and oxygen atoms in total. The molecule has 0 unspecified atom stereocenters. The smallest absolute Gasteiger partial charge is 0.239 e. The van der Waals surface area contributed by atoms with Crippen LogP contribution in [0.15, 0.2) is 41.3 Å². The topological polar surface area (TPSA) is 119 Å². The number of likely N-dealkylation sites (N-methyl/N-ethyl adjacent to an activating group) is 1. The standard InChI is InChI=1S/C32H42BrN11OS/c1-20(2)22-18-26(31(45-4)40-30(22)44-12-8-21(9-13-44)43-16-14-42(3)15-17-43)38-32-36-19-23(33)29(39-32)37-25-7-6-24-27(28(25)41-46-5)35-11-10-34-24/h6-7,10-11,18-21,41H,8-9,12-17H2,1-5H3,(H2,36,37,38,39). The molecule has 0 radical (unpaired) electrons. The Morgan fingerprint density at radius 3 is 2.43 bits per heavy atom. The number of piperazine rings is 1. The Kier molecular flexibility index (Phi) is 10.3. The average molecular weight is 709 g/mol. The van der Waals surface area contributed by atoms with Crippen LogP contribution in [-0.4, -0.2) is 100 Å². The Morgan fingerprint density at radius 2 is 1.72 bits per heavy atom. The zero-order chi connectivity index (χ0) is 32.2. The first-order valence-electron chi connectivity index (χ1n) is 15.7. The third-order valence-corrected chi connectivity index (χ3v) is 9.71. The van der Waals surface area contributed by atoms with E-state index in [4.69, 9.17) is 14.7 Å². The number of piperidine rings is 1. The first-order chi connectivity index (χ1) is 22.3. The molecule has 46 heavy (non-hydrogen) atoms. The van der Waals surface area contributed by atoms with Crippen LogP contribution in [0.4, 0.5) is 34.6 Å². The molecule has 244 valence electrons. The van der Waals surface area contributed by atoms with Gasteiger partial charge in [0.05, 0.1) is 28.5 Å². The minimum Gasteiger partial charge on any atom is -0.479 e. The van der Waals surface area contributed by atoms with Gasteiger partial charge in [0.1, 0.15) is 22.8 Å². The Hall–Kier alpha value is -3.46. The highest BCUT2D eigenvalue weighted by Gasteiger charge is 2.29. The molecule has 3 aromatic heterocycles. The van der Waals surface area contributed by atoms with Crippen LogP contribution in [0.5, 0.6) is 5.88 Å². The summed E-state index contributed by atoms with van der Waals surface area (Å²) in [6, 6.07) is 6.68. The lowest BCUT2D eigenvalue weighted by atomic mass is 9.99. The quantitative estimate of drug-likeness (QED) is 0.165. The molecule has 1 aromatic carbocycles. The molecule has 14 heteroatoms. The first kappa shape index (κ1) is 32.5. The SMILES string of the molecule is COc1nc(N2CCC(N3CCN(C)CC3)CC2)c(C(C)C)cc1Nc1ncc(Br)c(Nc2ccc3nccnc3c2NSC)n1. The van der Waals surface area contributed by atoms with Gasteiger partial charge in [0.15, 0.2) is 0 Å². The normalized spacial score (nSPS) is 16.6. The van der Waals surface area contributed by atoms with E-state index in [0.717, 1.165) is 90.5 Å². The fourth-order valence-electron chi connectivity index (χ4n) is 6.17. The number of pyridine rings is 1. The predicted octanol–water partition coefficient (Wildman–Crippen LogP) is 6.10. The van der Waals surface area contributed by atoms with Crippen molar-refractivity contribution < 1.29 is 4.74 Å². The third-order valence-electron chi connectivity index (χ3n) is 8.72. The van der Waals surface area contributed by atoms with Gasteiger partial charge >= 0.3 is 0 Å². The van der Waals surface area contributed by atoms with Crippen LogP contribution in [-0.2, 0) is 0 Å². The van der Waals surface area contributed by atoms with E-state index < -0.39 is 0 Å². The van der Waals surface area contributed by atoms with Crippen LogP contribution in [0.1, 0.15) is 38.2 Å². The van der Waals surface area contributed by atoms with Crippen molar-refractivity contribution >= 4 is 73.6 Å². The zero-order valence-electron chi connectivity index (χ0n) is 27.0. The van der Waals surface area contributed by atoms with Crippen molar-refractivity contribution in [2.75, 3.05) is 79.9 Å². The maximum atomic E-state index is 5.83. The molecule has 0 aliphatic carbocycles. The summed E-state index contributed by atoms with van der Waals surface area (Å²) in [6.45, 7) is 11.0. The Bertz CT molecular complexity index is 1660. The minimum absolute atomic E-state index is 0.269. The van der Waals surface area contributed by atoms with Gasteiger partial charge in [-0.25, -0.2) is 4.98 Å². The molecule has 0 atom stereocenters. The molecule has 3 N–H and O–H groups in total. The highest BCUT2D eigenvalue weighted by Crippen LogP contribution is 2.38. The minimum atomic E-state index is 0.269. The summed E-state index contributed by atoms with van der Waals surface area (Å²) in [5.41, 5.74) is 5.11. The molecule has 0 amide bonds. The molecule has 2 aliphatic heterocycles. The number of nitrogens with zero attached hydrogens (tertiary/aromatic N) is 8. The van der Waals surface area contributed by atoms with Crippen LogP contribution in [0.2, 0.25) is 0 Å². The van der Waals surface area contributed by atoms with Crippen LogP contribution in [0, 0.1) is 0 Å². The Balaban J connectivity index is 1.23. The molecule has 5 heterocycles. The lowest BCUT2D eigenvalue weighted by molar-refractivity contribution is 0.0981. The molecular weight excluding hydrogens is 666 g/mol. The van der Waals surface area contributed by atoms with E-state index in [1.807, 2.05) is 18.4 Å². The summed E-state index contributed by atoms with van der Waals surface area (Å²) in [6.07, 6.45) is 9.36. The summed E-state index contributed by atoms with van der Waals surface area (Å²) >= 11 is 5.10.